The van der Waals surface area contributed by atoms with Gasteiger partial charge in [0.05, 0.1) is 12.2 Å². The molecule has 1 aliphatic carbocycles. The third-order valence-electron chi connectivity index (χ3n) is 6.08. The Morgan fingerprint density at radius 3 is 2.47 bits per heavy atom. The van der Waals surface area contributed by atoms with Gasteiger partial charge in [0.2, 0.25) is 0 Å². The van der Waals surface area contributed by atoms with E-state index in [0.29, 0.717) is 17.6 Å². The van der Waals surface area contributed by atoms with E-state index < -0.39 is 0 Å². The first-order valence-corrected chi connectivity index (χ1v) is 11.1. The fourth-order valence-corrected chi connectivity index (χ4v) is 4.59. The van der Waals surface area contributed by atoms with Crippen molar-refractivity contribution in [2.45, 2.75) is 46.1 Å². The molecular formula is C26H26N4O2. The predicted molar refractivity (Wildman–Crippen MR) is 126 cm³/mol. The molecule has 2 heterocycles. The molecule has 1 amide bonds. The Labute approximate surface area is 186 Å². The van der Waals surface area contributed by atoms with Crippen LogP contribution in [0.1, 0.15) is 51.1 Å². The van der Waals surface area contributed by atoms with Gasteiger partial charge in [-0.1, -0.05) is 18.2 Å². The van der Waals surface area contributed by atoms with Crippen LogP contribution >= 0.6 is 0 Å². The van der Waals surface area contributed by atoms with Crippen molar-refractivity contribution in [3.63, 3.8) is 0 Å². The molecule has 2 aromatic carbocycles. The van der Waals surface area contributed by atoms with E-state index in [0.717, 1.165) is 59.3 Å². The Hall–Kier alpha value is -3.67. The van der Waals surface area contributed by atoms with Gasteiger partial charge in [-0.25, -0.2) is 4.52 Å². The number of nitrogens with one attached hydrogen (secondary N) is 1. The van der Waals surface area contributed by atoms with Crippen LogP contribution in [-0.2, 0) is 19.4 Å². The van der Waals surface area contributed by atoms with Crippen LogP contribution in [0, 0.1) is 13.8 Å². The van der Waals surface area contributed by atoms with Crippen LogP contribution < -0.4 is 10.9 Å². The molecule has 6 heteroatoms. The fourth-order valence-electron chi connectivity index (χ4n) is 4.59. The number of hydrogen-bond donors (Lipinski definition) is 1. The summed E-state index contributed by atoms with van der Waals surface area (Å²) in [6.45, 7) is 4.47. The standard InChI is InChI=1S/C26H26N4O2/c1-17-13-18(2)15-21(14-17)27-25(31)20-9-7-19(8-10-20)16-29-11-12-30-24(26(29)32)22-5-3-4-6-23(22)28-30/h7-15H,3-6,16H2,1-2H3,(H,27,31). The molecule has 0 saturated carbocycles. The minimum Gasteiger partial charge on any atom is -0.322 e. The van der Waals surface area contributed by atoms with Gasteiger partial charge in [-0.15, -0.1) is 0 Å². The van der Waals surface area contributed by atoms with Crippen LogP contribution in [0.5, 0.6) is 0 Å². The monoisotopic (exact) mass is 426 g/mol. The van der Waals surface area contributed by atoms with Crippen LogP contribution in [0.15, 0.2) is 59.7 Å². The van der Waals surface area contributed by atoms with Crippen molar-refractivity contribution in [2.75, 3.05) is 5.32 Å². The lowest BCUT2D eigenvalue weighted by Crippen LogP contribution is -2.23. The molecule has 162 valence electrons. The molecule has 2 aromatic heterocycles. The number of carbonyl (C=O) groups is 1. The van der Waals surface area contributed by atoms with Gasteiger partial charge in [0.25, 0.3) is 11.5 Å². The Morgan fingerprint density at radius 1 is 1.00 bits per heavy atom. The molecule has 0 aliphatic heterocycles. The number of benzene rings is 2. The molecule has 6 nitrogen and oxygen atoms in total. The fraction of sp³-hybridized carbons (Fsp3) is 0.269. The summed E-state index contributed by atoms with van der Waals surface area (Å²) in [5, 5.41) is 7.56. The van der Waals surface area contributed by atoms with E-state index in [1.165, 1.54) is 0 Å². The predicted octanol–water partition coefficient (Wildman–Crippen LogP) is 4.29. The number of rotatable bonds is 4. The van der Waals surface area contributed by atoms with Crippen molar-refractivity contribution in [1.82, 2.24) is 14.2 Å². The zero-order valence-corrected chi connectivity index (χ0v) is 18.4. The van der Waals surface area contributed by atoms with Crippen molar-refractivity contribution in [2.24, 2.45) is 0 Å². The summed E-state index contributed by atoms with van der Waals surface area (Å²) in [4.78, 5) is 25.8. The molecule has 1 N–H and O–H groups in total. The van der Waals surface area contributed by atoms with Gasteiger partial charge in [-0.2, -0.15) is 5.10 Å². The van der Waals surface area contributed by atoms with E-state index in [-0.39, 0.29) is 11.5 Å². The highest BCUT2D eigenvalue weighted by Crippen LogP contribution is 2.23. The van der Waals surface area contributed by atoms with E-state index in [2.05, 4.69) is 16.5 Å². The molecule has 0 radical (unpaired) electrons. The lowest BCUT2D eigenvalue weighted by molar-refractivity contribution is 0.102. The number of fused-ring (bicyclic) bond motifs is 3. The summed E-state index contributed by atoms with van der Waals surface area (Å²) in [5.74, 6) is -0.147. The largest absolute Gasteiger partial charge is 0.322 e. The number of anilines is 1. The highest BCUT2D eigenvalue weighted by molar-refractivity contribution is 6.04. The first-order chi connectivity index (χ1) is 15.5. The van der Waals surface area contributed by atoms with Crippen molar-refractivity contribution >= 4 is 17.1 Å². The lowest BCUT2D eigenvalue weighted by atomic mass is 9.97. The van der Waals surface area contributed by atoms with Gasteiger partial charge in [0.1, 0.15) is 5.52 Å². The van der Waals surface area contributed by atoms with Crippen molar-refractivity contribution in [3.8, 4) is 0 Å². The van der Waals surface area contributed by atoms with Gasteiger partial charge >= 0.3 is 0 Å². The Kier molecular flexibility index (Phi) is 5.13. The van der Waals surface area contributed by atoms with E-state index in [9.17, 15) is 9.59 Å². The maximum Gasteiger partial charge on any atom is 0.277 e. The summed E-state index contributed by atoms with van der Waals surface area (Å²) in [6.07, 6.45) is 7.75. The second-order valence-corrected chi connectivity index (χ2v) is 8.68. The SMILES string of the molecule is Cc1cc(C)cc(NC(=O)c2ccc(Cn3ccn4nc5c(c4c3=O)CCCC5)cc2)c1. The van der Waals surface area contributed by atoms with E-state index in [1.54, 1.807) is 27.4 Å². The molecule has 5 rings (SSSR count). The highest BCUT2D eigenvalue weighted by Gasteiger charge is 2.19. The summed E-state index contributed by atoms with van der Waals surface area (Å²) >= 11 is 0. The molecule has 0 spiro atoms. The highest BCUT2D eigenvalue weighted by atomic mass is 16.1. The first kappa shape index (κ1) is 20.2. The molecule has 0 bridgehead atoms. The van der Waals surface area contributed by atoms with E-state index in [4.69, 9.17) is 0 Å². The molecule has 0 saturated heterocycles. The van der Waals surface area contributed by atoms with Crippen molar-refractivity contribution < 1.29 is 4.79 Å². The van der Waals surface area contributed by atoms with E-state index >= 15 is 0 Å². The molecule has 0 atom stereocenters. The zero-order valence-electron chi connectivity index (χ0n) is 18.4. The molecule has 32 heavy (non-hydrogen) atoms. The minimum atomic E-state index is -0.147. The van der Waals surface area contributed by atoms with Gasteiger partial charge in [-0.3, -0.25) is 9.59 Å². The van der Waals surface area contributed by atoms with Gasteiger partial charge in [0.15, 0.2) is 0 Å². The molecule has 4 aromatic rings. The van der Waals surface area contributed by atoms with Crippen LogP contribution in [0.2, 0.25) is 0 Å². The average Bonchev–Trinajstić information content (AvgIpc) is 3.15. The second-order valence-electron chi connectivity index (χ2n) is 8.68. The molecule has 1 aliphatic rings. The van der Waals surface area contributed by atoms with Gasteiger partial charge < -0.3 is 9.88 Å². The lowest BCUT2D eigenvalue weighted by Gasteiger charge is -2.10. The number of carbonyl (C=O) groups excluding carboxylic acids is 1. The number of aryl methyl sites for hydroxylation is 4. The minimum absolute atomic E-state index is 0.0141. The summed E-state index contributed by atoms with van der Waals surface area (Å²) in [7, 11) is 0. The number of nitrogens with zero attached hydrogens (tertiary/aromatic N) is 3. The summed E-state index contributed by atoms with van der Waals surface area (Å²) < 4.78 is 3.45. The van der Waals surface area contributed by atoms with Crippen molar-refractivity contribution in [3.05, 3.63) is 98.7 Å². The maximum atomic E-state index is 13.1. The molecule has 0 fully saturated rings. The van der Waals surface area contributed by atoms with Crippen LogP contribution in [0.4, 0.5) is 5.69 Å². The van der Waals surface area contributed by atoms with Crippen LogP contribution in [-0.4, -0.2) is 20.1 Å². The van der Waals surface area contributed by atoms with Crippen LogP contribution in [0.25, 0.3) is 5.52 Å². The maximum absolute atomic E-state index is 13.1. The van der Waals surface area contributed by atoms with Crippen LogP contribution in [0.3, 0.4) is 0 Å². The topological polar surface area (TPSA) is 68.4 Å². The zero-order chi connectivity index (χ0) is 22.2. The molecular weight excluding hydrogens is 400 g/mol. The van der Waals surface area contributed by atoms with Gasteiger partial charge in [0, 0.05) is 29.2 Å². The summed E-state index contributed by atoms with van der Waals surface area (Å²) in [6, 6.07) is 13.4. The van der Waals surface area contributed by atoms with Gasteiger partial charge in [-0.05, 0) is 80.5 Å². The average molecular weight is 427 g/mol. The normalized spacial score (nSPS) is 13.2. The second kappa shape index (κ2) is 8.11. The Morgan fingerprint density at radius 2 is 1.72 bits per heavy atom. The first-order valence-electron chi connectivity index (χ1n) is 11.1. The Bertz CT molecular complexity index is 1360. The number of amides is 1. The quantitative estimate of drug-likeness (QED) is 0.529. The number of aromatic nitrogens is 3. The third kappa shape index (κ3) is 3.84. The smallest absolute Gasteiger partial charge is 0.277 e. The summed E-state index contributed by atoms with van der Waals surface area (Å²) in [5.41, 5.74) is 7.41. The third-order valence-corrected chi connectivity index (χ3v) is 6.08. The molecule has 0 unspecified atom stereocenters. The number of hydrogen-bond acceptors (Lipinski definition) is 3. The van der Waals surface area contributed by atoms with Crippen molar-refractivity contribution in [1.29, 1.82) is 0 Å². The van der Waals surface area contributed by atoms with E-state index in [1.807, 2.05) is 44.3 Å². The Balaban J connectivity index is 1.35.